The predicted molar refractivity (Wildman–Crippen MR) is 75.1 cm³/mol. The molecule has 2 unspecified atom stereocenters. The Hall–Kier alpha value is -1.60. The molecule has 1 saturated carbocycles. The van der Waals surface area contributed by atoms with Crippen LogP contribution < -0.4 is 10.0 Å². The molecule has 0 amide bonds. The normalized spacial score (nSPS) is 22.6. The van der Waals surface area contributed by atoms with Crippen molar-refractivity contribution in [3.05, 3.63) is 24.3 Å². The highest BCUT2D eigenvalue weighted by Gasteiger charge is 2.33. The number of para-hydroxylation sites is 1. The highest BCUT2D eigenvalue weighted by Crippen LogP contribution is 2.31. The number of hydrogen-bond acceptors (Lipinski definition) is 4. The fourth-order valence-corrected chi connectivity index (χ4v) is 3.45. The molecular formula is C13H18N2O4S. The van der Waals surface area contributed by atoms with Crippen LogP contribution in [0.25, 0.3) is 0 Å². The average molecular weight is 298 g/mol. The summed E-state index contributed by atoms with van der Waals surface area (Å²) in [7, 11) is -2.22. The van der Waals surface area contributed by atoms with E-state index in [1.54, 1.807) is 18.2 Å². The van der Waals surface area contributed by atoms with Crippen LogP contribution in [0.3, 0.4) is 0 Å². The van der Waals surface area contributed by atoms with Gasteiger partial charge in [0.1, 0.15) is 4.90 Å². The molecule has 6 nitrogen and oxygen atoms in total. The third-order valence-electron chi connectivity index (χ3n) is 3.62. The number of nitrogens with one attached hydrogen (secondary N) is 2. The minimum absolute atomic E-state index is 0.138. The maximum absolute atomic E-state index is 11.9. The van der Waals surface area contributed by atoms with Crippen molar-refractivity contribution in [1.29, 1.82) is 0 Å². The Kier molecular flexibility index (Phi) is 4.29. The fourth-order valence-electron chi connectivity index (χ4n) is 2.56. The van der Waals surface area contributed by atoms with Gasteiger partial charge in [-0.25, -0.2) is 13.1 Å². The fraction of sp³-hybridized carbons (Fsp3) is 0.462. The van der Waals surface area contributed by atoms with Crippen LogP contribution in [0, 0.1) is 5.92 Å². The second-order valence-electron chi connectivity index (χ2n) is 4.83. The van der Waals surface area contributed by atoms with E-state index in [9.17, 15) is 13.2 Å². The molecule has 1 fully saturated rings. The smallest absolute Gasteiger partial charge is 0.308 e. The lowest BCUT2D eigenvalue weighted by Gasteiger charge is -2.20. The Bertz CT molecular complexity index is 600. The largest absolute Gasteiger partial charge is 0.481 e. The van der Waals surface area contributed by atoms with Crippen molar-refractivity contribution in [2.45, 2.75) is 30.2 Å². The molecule has 0 radical (unpaired) electrons. The standard InChI is InChI=1S/C13H18N2O4S/c1-14-20(18,19)12-8-3-2-6-11(12)15-10-7-4-5-9(10)13(16)17/h2-3,6,8-10,14-15H,4-5,7H2,1H3,(H,16,17). The van der Waals surface area contributed by atoms with E-state index in [0.29, 0.717) is 12.1 Å². The molecule has 1 aromatic rings. The minimum Gasteiger partial charge on any atom is -0.481 e. The Morgan fingerprint density at radius 1 is 1.30 bits per heavy atom. The Morgan fingerprint density at radius 2 is 2.00 bits per heavy atom. The monoisotopic (exact) mass is 298 g/mol. The molecule has 7 heteroatoms. The summed E-state index contributed by atoms with van der Waals surface area (Å²) < 4.78 is 26.2. The van der Waals surface area contributed by atoms with Crippen LogP contribution in [-0.2, 0) is 14.8 Å². The highest BCUT2D eigenvalue weighted by atomic mass is 32.2. The van der Waals surface area contributed by atoms with Crippen molar-refractivity contribution in [1.82, 2.24) is 4.72 Å². The first-order valence-corrected chi connectivity index (χ1v) is 7.96. The first kappa shape index (κ1) is 14.8. The lowest BCUT2D eigenvalue weighted by atomic mass is 10.0. The Morgan fingerprint density at radius 3 is 2.65 bits per heavy atom. The number of aliphatic carboxylic acids is 1. The van der Waals surface area contributed by atoms with Crippen molar-refractivity contribution < 1.29 is 18.3 Å². The molecule has 2 atom stereocenters. The van der Waals surface area contributed by atoms with E-state index in [0.717, 1.165) is 12.8 Å². The van der Waals surface area contributed by atoms with Crippen LogP contribution in [0.4, 0.5) is 5.69 Å². The molecule has 0 saturated heterocycles. The van der Waals surface area contributed by atoms with Crippen molar-refractivity contribution in [2.24, 2.45) is 5.92 Å². The van der Waals surface area contributed by atoms with Gasteiger partial charge in [-0.1, -0.05) is 18.6 Å². The van der Waals surface area contributed by atoms with Crippen molar-refractivity contribution in [3.63, 3.8) is 0 Å². The van der Waals surface area contributed by atoms with Crippen LogP contribution in [0.1, 0.15) is 19.3 Å². The van der Waals surface area contributed by atoms with Gasteiger partial charge in [-0.15, -0.1) is 0 Å². The molecular weight excluding hydrogens is 280 g/mol. The zero-order valence-corrected chi connectivity index (χ0v) is 12.0. The van der Waals surface area contributed by atoms with Gasteiger partial charge in [-0.3, -0.25) is 4.79 Å². The Labute approximate surface area is 118 Å². The highest BCUT2D eigenvalue weighted by molar-refractivity contribution is 7.89. The van der Waals surface area contributed by atoms with Gasteiger partial charge >= 0.3 is 5.97 Å². The molecule has 1 aliphatic carbocycles. The lowest BCUT2D eigenvalue weighted by Crippen LogP contribution is -2.31. The molecule has 2 rings (SSSR count). The summed E-state index contributed by atoms with van der Waals surface area (Å²) in [6.07, 6.45) is 2.18. The number of benzene rings is 1. The van der Waals surface area contributed by atoms with E-state index < -0.39 is 21.9 Å². The number of hydrogen-bond donors (Lipinski definition) is 3. The van der Waals surface area contributed by atoms with Gasteiger partial charge in [0.25, 0.3) is 0 Å². The first-order valence-electron chi connectivity index (χ1n) is 6.47. The van der Waals surface area contributed by atoms with Crippen molar-refractivity contribution in [2.75, 3.05) is 12.4 Å². The zero-order chi connectivity index (χ0) is 14.8. The molecule has 0 aliphatic heterocycles. The third kappa shape index (κ3) is 2.94. The van der Waals surface area contributed by atoms with E-state index in [-0.39, 0.29) is 10.9 Å². The van der Waals surface area contributed by atoms with Gasteiger partial charge in [0.2, 0.25) is 10.0 Å². The summed E-state index contributed by atoms with van der Waals surface area (Å²) in [5.74, 6) is -1.31. The summed E-state index contributed by atoms with van der Waals surface area (Å²) >= 11 is 0. The van der Waals surface area contributed by atoms with Gasteiger partial charge in [-0.2, -0.15) is 0 Å². The van der Waals surface area contributed by atoms with E-state index in [1.807, 2.05) is 0 Å². The number of carboxylic acids is 1. The van der Waals surface area contributed by atoms with Crippen LogP contribution in [0.15, 0.2) is 29.2 Å². The van der Waals surface area contributed by atoms with Crippen LogP contribution in [0.2, 0.25) is 0 Å². The number of sulfonamides is 1. The van der Waals surface area contributed by atoms with Crippen molar-refractivity contribution in [3.8, 4) is 0 Å². The minimum atomic E-state index is -3.57. The van der Waals surface area contributed by atoms with Gasteiger partial charge in [0.15, 0.2) is 0 Å². The van der Waals surface area contributed by atoms with Crippen molar-refractivity contribution >= 4 is 21.7 Å². The van der Waals surface area contributed by atoms with E-state index in [1.165, 1.54) is 13.1 Å². The maximum atomic E-state index is 11.9. The van der Waals surface area contributed by atoms with Gasteiger partial charge in [-0.05, 0) is 32.0 Å². The number of carbonyl (C=O) groups is 1. The first-order chi connectivity index (χ1) is 9.45. The summed E-state index contributed by atoms with van der Waals surface area (Å²) in [4.78, 5) is 11.3. The summed E-state index contributed by atoms with van der Waals surface area (Å²) in [5.41, 5.74) is 0.444. The molecule has 0 spiro atoms. The molecule has 0 bridgehead atoms. The zero-order valence-electron chi connectivity index (χ0n) is 11.2. The number of carboxylic acid groups (broad SMARTS) is 1. The predicted octanol–water partition coefficient (Wildman–Crippen LogP) is 1.26. The molecule has 1 aromatic carbocycles. The molecule has 20 heavy (non-hydrogen) atoms. The van der Waals surface area contributed by atoms with Crippen LogP contribution in [0.5, 0.6) is 0 Å². The summed E-state index contributed by atoms with van der Waals surface area (Å²) in [6, 6.07) is 6.28. The topological polar surface area (TPSA) is 95.5 Å². The third-order valence-corrected chi connectivity index (χ3v) is 5.09. The second-order valence-corrected chi connectivity index (χ2v) is 6.69. The van der Waals surface area contributed by atoms with Gasteiger partial charge < -0.3 is 10.4 Å². The molecule has 0 heterocycles. The van der Waals surface area contributed by atoms with Gasteiger partial charge in [0.05, 0.1) is 11.6 Å². The van der Waals surface area contributed by atoms with E-state index >= 15 is 0 Å². The quantitative estimate of drug-likeness (QED) is 0.760. The van der Waals surface area contributed by atoms with Crippen LogP contribution in [-0.4, -0.2) is 32.6 Å². The van der Waals surface area contributed by atoms with E-state index in [2.05, 4.69) is 10.0 Å². The number of rotatable bonds is 5. The van der Waals surface area contributed by atoms with Crippen LogP contribution >= 0.6 is 0 Å². The maximum Gasteiger partial charge on any atom is 0.308 e. The molecule has 3 N–H and O–H groups in total. The SMILES string of the molecule is CNS(=O)(=O)c1ccccc1NC1CCCC1C(=O)O. The molecule has 1 aliphatic rings. The molecule has 110 valence electrons. The van der Waals surface area contributed by atoms with E-state index in [4.69, 9.17) is 5.11 Å². The average Bonchev–Trinajstić information content (AvgIpc) is 2.87. The van der Waals surface area contributed by atoms with Gasteiger partial charge in [0, 0.05) is 6.04 Å². The Balaban J connectivity index is 2.28. The number of anilines is 1. The molecule has 0 aromatic heterocycles. The second kappa shape index (κ2) is 5.80. The summed E-state index contributed by atoms with van der Waals surface area (Å²) in [5, 5.41) is 12.2. The lowest BCUT2D eigenvalue weighted by molar-refractivity contribution is -0.141. The summed E-state index contributed by atoms with van der Waals surface area (Å²) in [6.45, 7) is 0.